The molecular weight excluding hydrogens is 232 g/mol. The van der Waals surface area contributed by atoms with Crippen LogP contribution in [0, 0.1) is 41.4 Å². The van der Waals surface area contributed by atoms with Gasteiger partial charge in [-0.05, 0) is 99.2 Å². The van der Waals surface area contributed by atoms with E-state index in [1.165, 1.54) is 44.9 Å². The Hall–Kier alpha value is -0.0400. The van der Waals surface area contributed by atoms with E-state index in [4.69, 9.17) is 0 Å². The number of aliphatic hydroxyl groups excluding tert-OH is 1. The predicted octanol–water partition coefficient (Wildman–Crippen LogP) is 4.25. The van der Waals surface area contributed by atoms with Crippen molar-refractivity contribution in [3.63, 3.8) is 0 Å². The lowest BCUT2D eigenvalue weighted by Crippen LogP contribution is -2.45. The van der Waals surface area contributed by atoms with Gasteiger partial charge in [0.15, 0.2) is 0 Å². The molecule has 0 aromatic rings. The minimum absolute atomic E-state index is 0.0284. The molecular formula is C18H30O. The summed E-state index contributed by atoms with van der Waals surface area (Å²) in [6.07, 6.45) is 12.6. The average Bonchev–Trinajstić information content (AvgIpc) is 2.78. The maximum absolute atomic E-state index is 9.93. The molecule has 0 radical (unpaired) electrons. The summed E-state index contributed by atoms with van der Waals surface area (Å²) in [4.78, 5) is 0. The Bertz CT molecular complexity index is 339. The summed E-state index contributed by atoms with van der Waals surface area (Å²) in [6.45, 7) is 2.48. The molecule has 0 spiro atoms. The zero-order valence-electron chi connectivity index (χ0n) is 12.4. The molecule has 4 saturated carbocycles. The first-order chi connectivity index (χ1) is 9.22. The number of aliphatic hydroxyl groups is 1. The third-order valence-electron chi connectivity index (χ3n) is 7.39. The molecule has 0 amide bonds. The van der Waals surface area contributed by atoms with Crippen molar-refractivity contribution in [1.29, 1.82) is 0 Å². The van der Waals surface area contributed by atoms with E-state index in [1.807, 2.05) is 0 Å². The van der Waals surface area contributed by atoms with E-state index in [2.05, 4.69) is 6.92 Å². The second-order valence-corrected chi connectivity index (χ2v) is 8.37. The summed E-state index contributed by atoms with van der Waals surface area (Å²) >= 11 is 0. The minimum Gasteiger partial charge on any atom is -0.393 e. The lowest BCUT2D eigenvalue weighted by Gasteiger charge is -2.52. The fourth-order valence-electron chi connectivity index (χ4n) is 6.76. The molecule has 4 aliphatic carbocycles. The Morgan fingerprint density at radius 2 is 1.26 bits per heavy atom. The molecule has 0 saturated heterocycles. The van der Waals surface area contributed by atoms with Crippen molar-refractivity contribution >= 4 is 0 Å². The normalized spacial score (nSPS) is 57.2. The summed E-state index contributed by atoms with van der Waals surface area (Å²) in [5.41, 5.74) is 0. The van der Waals surface area contributed by atoms with Gasteiger partial charge >= 0.3 is 0 Å². The van der Waals surface area contributed by atoms with Crippen molar-refractivity contribution in [3.05, 3.63) is 0 Å². The summed E-state index contributed by atoms with van der Waals surface area (Å²) in [5.74, 6) is 7.14. The molecule has 4 fully saturated rings. The highest BCUT2D eigenvalue weighted by Gasteiger charge is 2.50. The monoisotopic (exact) mass is 262 g/mol. The summed E-state index contributed by atoms with van der Waals surface area (Å²) in [6, 6.07) is 0. The highest BCUT2D eigenvalue weighted by molar-refractivity contribution is 5.00. The van der Waals surface area contributed by atoms with Crippen LogP contribution in [0.15, 0.2) is 0 Å². The van der Waals surface area contributed by atoms with Crippen LogP contribution >= 0.6 is 0 Å². The van der Waals surface area contributed by atoms with Gasteiger partial charge in [0.25, 0.3) is 0 Å². The zero-order chi connectivity index (χ0) is 13.0. The molecule has 0 aliphatic heterocycles. The number of hydrogen-bond acceptors (Lipinski definition) is 1. The molecule has 0 aromatic heterocycles. The third kappa shape index (κ3) is 2.07. The van der Waals surface area contributed by atoms with Crippen molar-refractivity contribution in [1.82, 2.24) is 0 Å². The van der Waals surface area contributed by atoms with Gasteiger partial charge in [0.05, 0.1) is 6.10 Å². The summed E-state index contributed by atoms with van der Waals surface area (Å²) in [5, 5.41) is 9.93. The first-order valence-corrected chi connectivity index (χ1v) is 8.90. The van der Waals surface area contributed by atoms with Gasteiger partial charge in [-0.2, -0.15) is 0 Å². The van der Waals surface area contributed by atoms with Gasteiger partial charge in [0.1, 0.15) is 0 Å². The number of rotatable bonds is 0. The molecule has 4 rings (SSSR count). The van der Waals surface area contributed by atoms with Gasteiger partial charge in [-0.3, -0.25) is 0 Å². The lowest BCUT2D eigenvalue weighted by molar-refractivity contribution is -0.0458. The molecule has 8 atom stereocenters. The van der Waals surface area contributed by atoms with Gasteiger partial charge in [0.2, 0.25) is 0 Å². The summed E-state index contributed by atoms with van der Waals surface area (Å²) < 4.78 is 0. The second-order valence-electron chi connectivity index (χ2n) is 8.37. The molecule has 1 heteroatoms. The third-order valence-corrected chi connectivity index (χ3v) is 7.39. The van der Waals surface area contributed by atoms with Gasteiger partial charge in [-0.1, -0.05) is 6.92 Å². The van der Waals surface area contributed by atoms with Crippen LogP contribution in [0.4, 0.5) is 0 Å². The molecule has 4 aliphatic rings. The van der Waals surface area contributed by atoms with E-state index < -0.39 is 0 Å². The van der Waals surface area contributed by atoms with Crippen molar-refractivity contribution in [2.24, 2.45) is 41.4 Å². The Balaban J connectivity index is 1.53. The largest absolute Gasteiger partial charge is 0.393 e. The van der Waals surface area contributed by atoms with E-state index in [9.17, 15) is 5.11 Å². The van der Waals surface area contributed by atoms with Crippen molar-refractivity contribution in [3.8, 4) is 0 Å². The Kier molecular flexibility index (Phi) is 3.17. The fourth-order valence-corrected chi connectivity index (χ4v) is 6.76. The number of fused-ring (bicyclic) bond motifs is 5. The highest BCUT2D eigenvalue weighted by atomic mass is 16.3. The maximum Gasteiger partial charge on any atom is 0.0543 e. The SMILES string of the molecule is CC1CC2CCC3C4CCC(O)CC4CCC3C2C1. The Labute approximate surface area is 118 Å². The van der Waals surface area contributed by atoms with Gasteiger partial charge in [0, 0.05) is 0 Å². The predicted molar refractivity (Wildman–Crippen MR) is 77.7 cm³/mol. The molecule has 0 bridgehead atoms. The lowest BCUT2D eigenvalue weighted by atomic mass is 9.53. The molecule has 0 aromatic carbocycles. The van der Waals surface area contributed by atoms with Crippen LogP contribution in [0.5, 0.6) is 0 Å². The van der Waals surface area contributed by atoms with Crippen LogP contribution in [-0.2, 0) is 0 Å². The van der Waals surface area contributed by atoms with E-state index in [-0.39, 0.29) is 6.10 Å². The molecule has 8 unspecified atom stereocenters. The van der Waals surface area contributed by atoms with Crippen LogP contribution in [-0.4, -0.2) is 11.2 Å². The smallest absolute Gasteiger partial charge is 0.0543 e. The van der Waals surface area contributed by atoms with Crippen LogP contribution in [0.3, 0.4) is 0 Å². The van der Waals surface area contributed by atoms with E-state index in [0.717, 1.165) is 54.3 Å². The van der Waals surface area contributed by atoms with Crippen LogP contribution < -0.4 is 0 Å². The van der Waals surface area contributed by atoms with Crippen LogP contribution in [0.1, 0.15) is 64.7 Å². The zero-order valence-corrected chi connectivity index (χ0v) is 12.4. The van der Waals surface area contributed by atoms with Crippen LogP contribution in [0.25, 0.3) is 0 Å². The maximum atomic E-state index is 9.93. The van der Waals surface area contributed by atoms with E-state index in [0.29, 0.717) is 0 Å². The first-order valence-electron chi connectivity index (χ1n) is 8.90. The van der Waals surface area contributed by atoms with Gasteiger partial charge < -0.3 is 5.11 Å². The summed E-state index contributed by atoms with van der Waals surface area (Å²) in [7, 11) is 0. The molecule has 0 heterocycles. The average molecular weight is 262 g/mol. The van der Waals surface area contributed by atoms with E-state index in [1.54, 1.807) is 0 Å². The Morgan fingerprint density at radius 1 is 0.632 bits per heavy atom. The topological polar surface area (TPSA) is 20.2 Å². The Morgan fingerprint density at radius 3 is 2.05 bits per heavy atom. The quantitative estimate of drug-likeness (QED) is 0.692. The standard InChI is InChI=1S/C18H30O/c1-11-8-12-2-5-16-15-7-4-14(19)10-13(15)3-6-17(16)18(12)9-11/h11-19H,2-10H2,1H3. The molecule has 1 N–H and O–H groups in total. The highest BCUT2D eigenvalue weighted by Crippen LogP contribution is 2.58. The second kappa shape index (κ2) is 4.76. The minimum atomic E-state index is 0.0284. The first kappa shape index (κ1) is 12.7. The molecule has 1 nitrogen and oxygen atoms in total. The van der Waals surface area contributed by atoms with Crippen molar-refractivity contribution in [2.75, 3.05) is 0 Å². The van der Waals surface area contributed by atoms with Crippen molar-refractivity contribution in [2.45, 2.75) is 70.8 Å². The molecule has 19 heavy (non-hydrogen) atoms. The van der Waals surface area contributed by atoms with Gasteiger partial charge in [-0.25, -0.2) is 0 Å². The fraction of sp³-hybridized carbons (Fsp3) is 1.00. The van der Waals surface area contributed by atoms with Crippen molar-refractivity contribution < 1.29 is 5.11 Å². The van der Waals surface area contributed by atoms with Crippen LogP contribution in [0.2, 0.25) is 0 Å². The molecule has 108 valence electrons. The number of hydrogen-bond donors (Lipinski definition) is 1. The van der Waals surface area contributed by atoms with Gasteiger partial charge in [-0.15, -0.1) is 0 Å². The van der Waals surface area contributed by atoms with E-state index >= 15 is 0 Å².